The van der Waals surface area contributed by atoms with Crippen LogP contribution in [0.3, 0.4) is 0 Å². The fraction of sp³-hybridized carbons (Fsp3) is 1.00. The Bertz CT molecular complexity index is 308. The molecule has 0 amide bonds. The lowest BCUT2D eigenvalue weighted by Gasteiger charge is -2.52. The molecule has 1 heterocycles. The van der Waals surface area contributed by atoms with Gasteiger partial charge < -0.3 is 5.32 Å². The molecule has 110 valence electrons. The Morgan fingerprint density at radius 3 is 2.58 bits per heavy atom. The summed E-state index contributed by atoms with van der Waals surface area (Å²) < 4.78 is 0. The van der Waals surface area contributed by atoms with Crippen LogP contribution in [0.2, 0.25) is 0 Å². The highest BCUT2D eigenvalue weighted by atomic mass is 15.3. The number of hydrogen-bond donors (Lipinski definition) is 1. The van der Waals surface area contributed by atoms with Crippen LogP contribution in [0.4, 0.5) is 0 Å². The molecule has 19 heavy (non-hydrogen) atoms. The van der Waals surface area contributed by atoms with Gasteiger partial charge in [-0.15, -0.1) is 0 Å². The van der Waals surface area contributed by atoms with Crippen LogP contribution < -0.4 is 5.32 Å². The Hall–Kier alpha value is -0.0800. The molecular weight excluding hydrogens is 232 g/mol. The highest BCUT2D eigenvalue weighted by Crippen LogP contribution is 2.42. The zero-order valence-corrected chi connectivity index (χ0v) is 13.1. The summed E-state index contributed by atoms with van der Waals surface area (Å²) in [5, 5.41) is 3.84. The second-order valence-electron chi connectivity index (χ2n) is 7.86. The number of piperazine rings is 1. The molecule has 2 nitrogen and oxygen atoms in total. The number of rotatable bonds is 3. The molecule has 0 aromatic rings. The summed E-state index contributed by atoms with van der Waals surface area (Å²) in [5.74, 6) is 0.993. The van der Waals surface area contributed by atoms with E-state index in [0.717, 1.165) is 24.0 Å². The third-order valence-corrected chi connectivity index (χ3v) is 6.01. The van der Waals surface area contributed by atoms with E-state index in [0.29, 0.717) is 5.41 Å². The first-order valence-corrected chi connectivity index (χ1v) is 8.61. The average Bonchev–Trinajstić information content (AvgIpc) is 3.22. The highest BCUT2D eigenvalue weighted by Gasteiger charge is 2.43. The smallest absolute Gasteiger partial charge is 0.0224 e. The quantitative estimate of drug-likeness (QED) is 0.840. The zero-order chi connectivity index (χ0) is 13.5. The predicted octanol–water partition coefficient (Wildman–Crippen LogP) is 3.42. The van der Waals surface area contributed by atoms with Crippen molar-refractivity contribution in [3.63, 3.8) is 0 Å². The monoisotopic (exact) mass is 264 g/mol. The molecule has 1 N–H and O–H groups in total. The maximum Gasteiger partial charge on any atom is 0.0224 e. The Morgan fingerprint density at radius 2 is 1.95 bits per heavy atom. The molecule has 1 saturated heterocycles. The fourth-order valence-corrected chi connectivity index (χ4v) is 4.51. The van der Waals surface area contributed by atoms with Crippen LogP contribution in [-0.4, -0.2) is 36.1 Å². The molecule has 3 unspecified atom stereocenters. The van der Waals surface area contributed by atoms with Crippen LogP contribution in [-0.2, 0) is 0 Å². The molecule has 0 bridgehead atoms. The molecule has 3 fully saturated rings. The number of nitrogens with zero attached hydrogens (tertiary/aromatic N) is 1. The van der Waals surface area contributed by atoms with Crippen molar-refractivity contribution in [3.8, 4) is 0 Å². The van der Waals surface area contributed by atoms with Gasteiger partial charge in [0.2, 0.25) is 0 Å². The van der Waals surface area contributed by atoms with Gasteiger partial charge in [0.15, 0.2) is 0 Å². The fourth-order valence-electron chi connectivity index (χ4n) is 4.51. The highest BCUT2D eigenvalue weighted by molar-refractivity contribution is 4.99. The van der Waals surface area contributed by atoms with Gasteiger partial charge in [-0.1, -0.05) is 33.6 Å². The molecule has 0 aromatic heterocycles. The van der Waals surface area contributed by atoms with E-state index in [-0.39, 0.29) is 0 Å². The first-order chi connectivity index (χ1) is 9.12. The summed E-state index contributed by atoms with van der Waals surface area (Å²) in [6.45, 7) is 9.93. The summed E-state index contributed by atoms with van der Waals surface area (Å²) >= 11 is 0. The third kappa shape index (κ3) is 2.85. The summed E-state index contributed by atoms with van der Waals surface area (Å²) in [6.07, 6.45) is 9.98. The van der Waals surface area contributed by atoms with Crippen molar-refractivity contribution in [3.05, 3.63) is 0 Å². The standard InChI is InChI=1S/C17H32N2/c1-4-14-11-18-15(13-8-9-13)12-19(14)16-7-5-6-10-17(16,2)3/h13-16,18H,4-12H2,1-3H3. The zero-order valence-electron chi connectivity index (χ0n) is 13.1. The van der Waals surface area contributed by atoms with Gasteiger partial charge in [-0.3, -0.25) is 4.90 Å². The van der Waals surface area contributed by atoms with Gasteiger partial charge in [0.25, 0.3) is 0 Å². The average molecular weight is 264 g/mol. The molecule has 0 spiro atoms. The van der Waals surface area contributed by atoms with Gasteiger partial charge in [-0.05, 0) is 43.4 Å². The summed E-state index contributed by atoms with van der Waals surface area (Å²) in [7, 11) is 0. The van der Waals surface area contributed by atoms with E-state index >= 15 is 0 Å². The lowest BCUT2D eigenvalue weighted by atomic mass is 9.71. The van der Waals surface area contributed by atoms with Gasteiger partial charge >= 0.3 is 0 Å². The third-order valence-electron chi connectivity index (χ3n) is 6.01. The van der Waals surface area contributed by atoms with Crippen molar-refractivity contribution in [1.82, 2.24) is 10.2 Å². The normalized spacial score (nSPS) is 40.3. The summed E-state index contributed by atoms with van der Waals surface area (Å²) in [4.78, 5) is 2.92. The first kappa shape index (κ1) is 13.9. The minimum Gasteiger partial charge on any atom is -0.311 e. The number of nitrogens with one attached hydrogen (secondary N) is 1. The molecule has 2 heteroatoms. The van der Waals surface area contributed by atoms with Gasteiger partial charge in [0.1, 0.15) is 0 Å². The van der Waals surface area contributed by atoms with Crippen molar-refractivity contribution < 1.29 is 0 Å². The van der Waals surface area contributed by atoms with E-state index in [9.17, 15) is 0 Å². The van der Waals surface area contributed by atoms with Crippen molar-refractivity contribution in [1.29, 1.82) is 0 Å². The van der Waals surface area contributed by atoms with E-state index in [4.69, 9.17) is 0 Å². The minimum atomic E-state index is 0.525. The molecule has 2 aliphatic carbocycles. The van der Waals surface area contributed by atoms with Gasteiger partial charge in [0, 0.05) is 31.2 Å². The Morgan fingerprint density at radius 1 is 1.16 bits per heavy atom. The summed E-state index contributed by atoms with van der Waals surface area (Å²) in [6, 6.07) is 2.40. The topological polar surface area (TPSA) is 15.3 Å². The number of hydrogen-bond acceptors (Lipinski definition) is 2. The summed E-state index contributed by atoms with van der Waals surface area (Å²) in [5.41, 5.74) is 0.525. The first-order valence-electron chi connectivity index (χ1n) is 8.61. The maximum absolute atomic E-state index is 3.84. The molecule has 3 atom stereocenters. The van der Waals surface area contributed by atoms with Crippen molar-refractivity contribution >= 4 is 0 Å². The SMILES string of the molecule is CCC1CNC(C2CC2)CN1C1CCCCC1(C)C. The molecule has 3 aliphatic rings. The molecule has 3 rings (SSSR count). The van der Waals surface area contributed by atoms with Crippen LogP contribution in [0, 0.1) is 11.3 Å². The van der Waals surface area contributed by atoms with E-state index in [1.807, 2.05) is 0 Å². The molecular formula is C17H32N2. The molecule has 1 aliphatic heterocycles. The second kappa shape index (κ2) is 5.37. The Kier molecular flexibility index (Phi) is 3.92. The van der Waals surface area contributed by atoms with Crippen LogP contribution in [0.25, 0.3) is 0 Å². The van der Waals surface area contributed by atoms with Crippen LogP contribution in [0.15, 0.2) is 0 Å². The van der Waals surface area contributed by atoms with E-state index in [1.165, 1.54) is 58.0 Å². The van der Waals surface area contributed by atoms with E-state index in [1.54, 1.807) is 0 Å². The van der Waals surface area contributed by atoms with E-state index < -0.39 is 0 Å². The van der Waals surface area contributed by atoms with Gasteiger partial charge in [-0.2, -0.15) is 0 Å². The van der Waals surface area contributed by atoms with Gasteiger partial charge in [0.05, 0.1) is 0 Å². The van der Waals surface area contributed by atoms with Crippen LogP contribution >= 0.6 is 0 Å². The van der Waals surface area contributed by atoms with Crippen molar-refractivity contribution in [2.75, 3.05) is 13.1 Å². The molecule has 0 radical (unpaired) electrons. The Balaban J connectivity index is 1.73. The van der Waals surface area contributed by atoms with Crippen LogP contribution in [0.1, 0.15) is 65.7 Å². The minimum absolute atomic E-state index is 0.525. The maximum atomic E-state index is 3.84. The second-order valence-corrected chi connectivity index (χ2v) is 7.86. The van der Waals surface area contributed by atoms with Crippen LogP contribution in [0.5, 0.6) is 0 Å². The lowest BCUT2D eigenvalue weighted by Crippen LogP contribution is -2.62. The lowest BCUT2D eigenvalue weighted by molar-refractivity contribution is -0.00906. The molecule has 0 aromatic carbocycles. The predicted molar refractivity (Wildman–Crippen MR) is 81.3 cm³/mol. The van der Waals surface area contributed by atoms with Gasteiger partial charge in [-0.25, -0.2) is 0 Å². The van der Waals surface area contributed by atoms with E-state index in [2.05, 4.69) is 31.0 Å². The largest absolute Gasteiger partial charge is 0.311 e. The van der Waals surface area contributed by atoms with Crippen molar-refractivity contribution in [2.24, 2.45) is 11.3 Å². The van der Waals surface area contributed by atoms with Crippen molar-refractivity contribution in [2.45, 2.75) is 83.8 Å². The Labute approximate surface area is 119 Å². The molecule has 2 saturated carbocycles.